The molecule has 0 radical (unpaired) electrons. The van der Waals surface area contributed by atoms with Crippen molar-refractivity contribution in [2.24, 2.45) is 0 Å². The first-order valence-corrected chi connectivity index (χ1v) is 11.7. The van der Waals surface area contributed by atoms with Crippen LogP contribution in [0.15, 0.2) is 101 Å². The van der Waals surface area contributed by atoms with E-state index in [-0.39, 0.29) is 23.4 Å². The van der Waals surface area contributed by atoms with Crippen LogP contribution < -0.4 is 10.6 Å². The van der Waals surface area contributed by atoms with E-state index in [4.69, 9.17) is 10.1 Å². The van der Waals surface area contributed by atoms with Crippen LogP contribution in [0.25, 0.3) is 0 Å². The molecule has 0 fully saturated rings. The number of aromatic nitrogens is 1. The summed E-state index contributed by atoms with van der Waals surface area (Å²) in [4.78, 5) is 25.8. The van der Waals surface area contributed by atoms with E-state index in [1.165, 1.54) is 11.8 Å². The van der Waals surface area contributed by atoms with E-state index in [2.05, 4.69) is 10.6 Å². The van der Waals surface area contributed by atoms with Crippen molar-refractivity contribution in [2.45, 2.75) is 12.8 Å². The third kappa shape index (κ3) is 4.04. The molecule has 2 aliphatic rings. The summed E-state index contributed by atoms with van der Waals surface area (Å²) in [5.41, 5.74) is 3.27. The van der Waals surface area contributed by atoms with Crippen LogP contribution in [0, 0.1) is 5.41 Å². The molecule has 3 aromatic rings. The molecule has 34 heavy (non-hydrogen) atoms. The van der Waals surface area contributed by atoms with Gasteiger partial charge in [-0.25, -0.2) is 0 Å². The molecule has 1 unspecified atom stereocenters. The molecule has 0 saturated heterocycles. The zero-order valence-electron chi connectivity index (χ0n) is 18.4. The van der Waals surface area contributed by atoms with Crippen molar-refractivity contribution in [3.05, 3.63) is 107 Å². The average molecular weight is 471 g/mol. The van der Waals surface area contributed by atoms with E-state index < -0.39 is 5.92 Å². The third-order valence-corrected chi connectivity index (χ3v) is 6.63. The molecule has 3 heterocycles. The van der Waals surface area contributed by atoms with Gasteiger partial charge in [-0.1, -0.05) is 48.2 Å². The number of anilines is 2. The maximum absolute atomic E-state index is 13.3. The maximum atomic E-state index is 13.3. The Kier molecular flexibility index (Phi) is 5.81. The predicted octanol–water partition coefficient (Wildman–Crippen LogP) is 4.94. The first-order chi connectivity index (χ1) is 16.5. The average Bonchev–Trinajstić information content (AvgIpc) is 3.42. The molecule has 3 N–H and O–H groups in total. The Bertz CT molecular complexity index is 1340. The van der Waals surface area contributed by atoms with Gasteiger partial charge < -0.3 is 19.9 Å². The molecule has 0 saturated carbocycles. The quantitative estimate of drug-likeness (QED) is 0.476. The van der Waals surface area contributed by atoms with Crippen LogP contribution in [0.5, 0.6) is 0 Å². The molecule has 1 atom stereocenters. The second kappa shape index (κ2) is 9.07. The van der Waals surface area contributed by atoms with Gasteiger partial charge in [0.25, 0.3) is 5.91 Å². The van der Waals surface area contributed by atoms with E-state index in [1.807, 2.05) is 72.8 Å². The Morgan fingerprint density at radius 3 is 2.29 bits per heavy atom. The van der Waals surface area contributed by atoms with E-state index in [9.17, 15) is 9.59 Å². The fourth-order valence-corrected chi connectivity index (χ4v) is 5.06. The zero-order chi connectivity index (χ0) is 23.7. The number of amides is 2. The summed E-state index contributed by atoms with van der Waals surface area (Å²) in [6.07, 6.45) is 1.80. The topological polar surface area (TPSA) is 96.2 Å². The number of rotatable bonds is 6. The number of carbonyl (C=O) groups excluding carboxylic acids is 2. The SMILES string of the molecule is CC1=C(C(=O)Nc2ccccc2)C2C(=C(SCC(=O)Nc3ccccc3)O1)C(=N)n1cccc12. The second-order valence-electron chi connectivity index (χ2n) is 7.88. The lowest BCUT2D eigenvalue weighted by Gasteiger charge is -2.26. The smallest absolute Gasteiger partial charge is 0.256 e. The number of carbonyl (C=O) groups is 2. The number of hydrogen-bond donors (Lipinski definition) is 3. The minimum absolute atomic E-state index is 0.113. The van der Waals surface area contributed by atoms with Crippen LogP contribution >= 0.6 is 11.8 Å². The molecule has 2 aliphatic heterocycles. The van der Waals surface area contributed by atoms with Crippen LogP contribution in [0.3, 0.4) is 0 Å². The fourth-order valence-electron chi connectivity index (χ4n) is 4.17. The Labute approximate surface area is 201 Å². The van der Waals surface area contributed by atoms with Gasteiger partial charge in [0, 0.05) is 23.3 Å². The Morgan fingerprint density at radius 1 is 0.971 bits per heavy atom. The number of allylic oxidation sites excluding steroid dienone is 2. The van der Waals surface area contributed by atoms with Crippen LogP contribution in [0.4, 0.5) is 11.4 Å². The number of para-hydroxylation sites is 2. The normalized spacial score (nSPS) is 16.6. The lowest BCUT2D eigenvalue weighted by atomic mass is 9.87. The number of thioether (sulfide) groups is 1. The van der Waals surface area contributed by atoms with Crippen molar-refractivity contribution in [1.82, 2.24) is 4.57 Å². The van der Waals surface area contributed by atoms with E-state index >= 15 is 0 Å². The van der Waals surface area contributed by atoms with Gasteiger partial charge in [-0.05, 0) is 43.3 Å². The summed E-state index contributed by atoms with van der Waals surface area (Å²) in [7, 11) is 0. The molecule has 0 aliphatic carbocycles. The van der Waals surface area contributed by atoms with Gasteiger partial charge in [0.15, 0.2) is 5.09 Å². The molecule has 2 amide bonds. The number of hydrogen-bond acceptors (Lipinski definition) is 5. The molecular formula is C26H22N4O3S. The number of fused-ring (bicyclic) bond motifs is 3. The van der Waals surface area contributed by atoms with Crippen molar-refractivity contribution in [3.8, 4) is 0 Å². The van der Waals surface area contributed by atoms with Crippen LogP contribution in [-0.4, -0.2) is 28.0 Å². The minimum atomic E-state index is -0.445. The summed E-state index contributed by atoms with van der Waals surface area (Å²) in [6, 6.07) is 22.2. The summed E-state index contributed by atoms with van der Waals surface area (Å²) >= 11 is 1.23. The van der Waals surface area contributed by atoms with E-state index in [0.29, 0.717) is 33.4 Å². The minimum Gasteiger partial charge on any atom is -0.454 e. The highest BCUT2D eigenvalue weighted by Gasteiger charge is 2.44. The van der Waals surface area contributed by atoms with Crippen LogP contribution in [0.2, 0.25) is 0 Å². The van der Waals surface area contributed by atoms with Gasteiger partial charge >= 0.3 is 0 Å². The van der Waals surface area contributed by atoms with Gasteiger partial charge in [-0.2, -0.15) is 0 Å². The van der Waals surface area contributed by atoms with Crippen molar-refractivity contribution >= 4 is 40.8 Å². The van der Waals surface area contributed by atoms with Gasteiger partial charge in [0.1, 0.15) is 11.6 Å². The van der Waals surface area contributed by atoms with Crippen molar-refractivity contribution in [1.29, 1.82) is 5.41 Å². The highest BCUT2D eigenvalue weighted by molar-refractivity contribution is 8.03. The molecule has 1 aromatic heterocycles. The molecule has 170 valence electrons. The lowest BCUT2D eigenvalue weighted by Crippen LogP contribution is -2.25. The van der Waals surface area contributed by atoms with Crippen molar-refractivity contribution in [2.75, 3.05) is 16.4 Å². The van der Waals surface area contributed by atoms with Crippen LogP contribution in [0.1, 0.15) is 18.5 Å². The maximum Gasteiger partial charge on any atom is 0.256 e. The molecule has 0 spiro atoms. The summed E-state index contributed by atoms with van der Waals surface area (Å²) in [6.45, 7) is 1.75. The molecular weight excluding hydrogens is 448 g/mol. The van der Waals surface area contributed by atoms with Gasteiger partial charge in [-0.15, -0.1) is 0 Å². The highest BCUT2D eigenvalue weighted by Crippen LogP contribution is 2.48. The summed E-state index contributed by atoms with van der Waals surface area (Å²) in [5, 5.41) is 15.0. The summed E-state index contributed by atoms with van der Waals surface area (Å²) in [5.74, 6) is -0.0902. The Hall–Kier alpha value is -4.04. The summed E-state index contributed by atoms with van der Waals surface area (Å²) < 4.78 is 7.82. The van der Waals surface area contributed by atoms with E-state index in [1.54, 1.807) is 17.7 Å². The zero-order valence-corrected chi connectivity index (χ0v) is 19.2. The van der Waals surface area contributed by atoms with Gasteiger partial charge in [0.2, 0.25) is 5.91 Å². The third-order valence-electron chi connectivity index (χ3n) is 5.66. The molecule has 8 heteroatoms. The molecule has 0 bridgehead atoms. The van der Waals surface area contributed by atoms with Gasteiger partial charge in [0.05, 0.1) is 22.8 Å². The molecule has 7 nitrogen and oxygen atoms in total. The number of nitrogens with zero attached hydrogens (tertiary/aromatic N) is 1. The lowest BCUT2D eigenvalue weighted by molar-refractivity contribution is -0.114. The van der Waals surface area contributed by atoms with Crippen molar-refractivity contribution in [3.63, 3.8) is 0 Å². The molecule has 5 rings (SSSR count). The molecule has 2 aromatic carbocycles. The second-order valence-corrected chi connectivity index (χ2v) is 8.83. The Morgan fingerprint density at radius 2 is 1.62 bits per heavy atom. The first kappa shape index (κ1) is 21.8. The first-order valence-electron chi connectivity index (χ1n) is 10.8. The monoisotopic (exact) mass is 470 g/mol. The number of nitrogens with one attached hydrogen (secondary N) is 3. The number of ether oxygens (including phenoxy) is 1. The Balaban J connectivity index is 1.41. The van der Waals surface area contributed by atoms with E-state index in [0.717, 1.165) is 5.69 Å². The van der Waals surface area contributed by atoms with Crippen LogP contribution in [-0.2, 0) is 14.3 Å². The van der Waals surface area contributed by atoms with Crippen molar-refractivity contribution < 1.29 is 14.3 Å². The fraction of sp³-hybridized carbons (Fsp3) is 0.115. The standard InChI is InChI=1S/C26H22N4O3S/c1-16-21(25(32)29-18-11-6-3-7-12-18)22-19-13-8-14-30(19)24(27)23(22)26(33-16)34-15-20(31)28-17-9-4-2-5-10-17/h2-14,22,27H,15H2,1H3,(H,28,31)(H,29,32). The predicted molar refractivity (Wildman–Crippen MR) is 134 cm³/mol. The largest absolute Gasteiger partial charge is 0.454 e. The van der Waals surface area contributed by atoms with Gasteiger partial charge in [-0.3, -0.25) is 15.0 Å². The highest BCUT2D eigenvalue weighted by atomic mass is 32.2. The number of benzene rings is 2.